The lowest BCUT2D eigenvalue weighted by molar-refractivity contribution is 0.0337. The molecular weight excluding hydrogens is 288 g/mol. The van der Waals surface area contributed by atoms with Crippen LogP contribution in [0.5, 0.6) is 0 Å². The average molecular weight is 318 g/mol. The number of likely N-dealkylation sites (tertiary alicyclic amines) is 1. The second kappa shape index (κ2) is 7.35. The van der Waals surface area contributed by atoms with Crippen molar-refractivity contribution < 1.29 is 9.53 Å². The van der Waals surface area contributed by atoms with Gasteiger partial charge in [0.2, 0.25) is 0 Å². The highest BCUT2D eigenvalue weighted by Crippen LogP contribution is 2.25. The van der Waals surface area contributed by atoms with Crippen LogP contribution < -0.4 is 5.32 Å². The minimum Gasteiger partial charge on any atom is -0.444 e. The van der Waals surface area contributed by atoms with E-state index in [1.807, 2.05) is 26.8 Å². The lowest BCUT2D eigenvalue weighted by Crippen LogP contribution is -2.57. The molecule has 0 radical (unpaired) electrons. The van der Waals surface area contributed by atoms with E-state index >= 15 is 0 Å². The van der Waals surface area contributed by atoms with Crippen LogP contribution in [0.3, 0.4) is 0 Å². The molecule has 1 fully saturated rings. The number of amides is 1. The molecule has 0 bridgehead atoms. The number of nitrogens with zero attached hydrogens (tertiary/aromatic N) is 1. The van der Waals surface area contributed by atoms with Gasteiger partial charge in [-0.15, -0.1) is 0 Å². The fourth-order valence-electron chi connectivity index (χ4n) is 3.20. The molecule has 4 heteroatoms. The van der Waals surface area contributed by atoms with Crippen LogP contribution in [-0.2, 0) is 11.3 Å². The van der Waals surface area contributed by atoms with Gasteiger partial charge in [0.15, 0.2) is 0 Å². The van der Waals surface area contributed by atoms with Crippen LogP contribution in [0.25, 0.3) is 0 Å². The molecule has 1 aliphatic heterocycles. The summed E-state index contributed by atoms with van der Waals surface area (Å²) in [5, 5.41) is 3.09. The monoisotopic (exact) mass is 318 g/mol. The molecule has 0 spiro atoms. The number of piperidine rings is 1. The van der Waals surface area contributed by atoms with E-state index in [4.69, 9.17) is 4.74 Å². The Labute approximate surface area is 140 Å². The fourth-order valence-corrected chi connectivity index (χ4v) is 3.20. The Morgan fingerprint density at radius 1 is 1.26 bits per heavy atom. The van der Waals surface area contributed by atoms with Gasteiger partial charge in [-0.3, -0.25) is 4.90 Å². The number of nitrogens with one attached hydrogen (secondary N) is 1. The molecule has 1 aromatic carbocycles. The normalized spacial score (nSPS) is 25.9. The van der Waals surface area contributed by atoms with E-state index < -0.39 is 5.60 Å². The first kappa shape index (κ1) is 17.8. The summed E-state index contributed by atoms with van der Waals surface area (Å²) < 4.78 is 5.42. The molecule has 4 nitrogen and oxygen atoms in total. The summed E-state index contributed by atoms with van der Waals surface area (Å²) in [5.74, 6) is 0.449. The minimum absolute atomic E-state index is 0.113. The van der Waals surface area contributed by atoms with Crippen LogP contribution >= 0.6 is 0 Å². The maximum atomic E-state index is 12.1. The molecule has 0 aromatic heterocycles. The van der Waals surface area contributed by atoms with E-state index in [-0.39, 0.29) is 18.2 Å². The Morgan fingerprint density at radius 3 is 2.52 bits per heavy atom. The van der Waals surface area contributed by atoms with Crippen molar-refractivity contribution in [3.63, 3.8) is 0 Å². The predicted molar refractivity (Wildman–Crippen MR) is 93.3 cm³/mol. The number of carbonyl (C=O) groups is 1. The summed E-state index contributed by atoms with van der Waals surface area (Å²) in [6.45, 7) is 12.1. The van der Waals surface area contributed by atoms with Gasteiger partial charge in [-0.05, 0) is 52.1 Å². The predicted octanol–water partition coefficient (Wildman–Crippen LogP) is 3.81. The minimum atomic E-state index is -0.463. The van der Waals surface area contributed by atoms with Crippen LogP contribution in [0.1, 0.15) is 46.6 Å². The Balaban J connectivity index is 1.99. The first-order valence-corrected chi connectivity index (χ1v) is 8.54. The van der Waals surface area contributed by atoms with Gasteiger partial charge in [0.05, 0.1) is 6.04 Å². The fraction of sp³-hybridized carbons (Fsp3) is 0.632. The second-order valence-corrected chi connectivity index (χ2v) is 7.63. The highest BCUT2D eigenvalue weighted by atomic mass is 16.6. The standard InChI is InChI=1S/C19H30N2O2/c1-14-11-12-21(13-16-9-7-6-8-10-16)15(2)17(14)20-18(22)23-19(3,4)5/h6-10,14-15,17H,11-13H2,1-5H3,(H,20,22)/t14-,15-,17+/m1/s1. The van der Waals surface area contributed by atoms with Crippen LogP contribution in [-0.4, -0.2) is 35.2 Å². The molecule has 0 unspecified atom stereocenters. The lowest BCUT2D eigenvalue weighted by Gasteiger charge is -2.43. The average Bonchev–Trinajstić information content (AvgIpc) is 2.46. The van der Waals surface area contributed by atoms with Crippen LogP contribution in [0.15, 0.2) is 30.3 Å². The Hall–Kier alpha value is -1.55. The summed E-state index contributed by atoms with van der Waals surface area (Å²) in [5.41, 5.74) is 0.847. The van der Waals surface area contributed by atoms with Crippen LogP contribution in [0.2, 0.25) is 0 Å². The Bertz CT molecular complexity index is 510. The zero-order chi connectivity index (χ0) is 17.0. The third-order valence-electron chi connectivity index (χ3n) is 4.49. The van der Waals surface area contributed by atoms with E-state index in [0.29, 0.717) is 5.92 Å². The van der Waals surface area contributed by atoms with Gasteiger partial charge in [0.25, 0.3) is 0 Å². The van der Waals surface area contributed by atoms with Crippen molar-refractivity contribution in [2.24, 2.45) is 5.92 Å². The summed E-state index contributed by atoms with van der Waals surface area (Å²) in [4.78, 5) is 14.6. The van der Waals surface area contributed by atoms with Crippen molar-refractivity contribution >= 4 is 6.09 Å². The first-order chi connectivity index (χ1) is 10.8. The summed E-state index contributed by atoms with van der Waals surface area (Å²) in [7, 11) is 0. The van der Waals surface area contributed by atoms with E-state index in [9.17, 15) is 4.79 Å². The number of hydrogen-bond acceptors (Lipinski definition) is 3. The lowest BCUT2D eigenvalue weighted by atomic mass is 9.87. The quantitative estimate of drug-likeness (QED) is 0.921. The van der Waals surface area contributed by atoms with E-state index in [1.165, 1.54) is 5.56 Å². The van der Waals surface area contributed by atoms with E-state index in [2.05, 4.69) is 48.3 Å². The number of ether oxygens (including phenoxy) is 1. The van der Waals surface area contributed by atoms with Gasteiger partial charge in [-0.25, -0.2) is 4.79 Å². The number of carbonyl (C=O) groups excluding carboxylic acids is 1. The molecule has 128 valence electrons. The summed E-state index contributed by atoms with van der Waals surface area (Å²) >= 11 is 0. The van der Waals surface area contributed by atoms with Crippen LogP contribution in [0.4, 0.5) is 4.79 Å². The molecule has 0 saturated carbocycles. The van der Waals surface area contributed by atoms with Crippen molar-refractivity contribution in [3.8, 4) is 0 Å². The summed E-state index contributed by atoms with van der Waals surface area (Å²) in [6, 6.07) is 10.9. The van der Waals surface area contributed by atoms with Gasteiger partial charge < -0.3 is 10.1 Å². The first-order valence-electron chi connectivity index (χ1n) is 8.54. The molecule has 1 heterocycles. The van der Waals surface area contributed by atoms with Crippen molar-refractivity contribution in [2.45, 2.75) is 65.3 Å². The molecular formula is C19H30N2O2. The Kier molecular flexibility index (Phi) is 5.69. The summed E-state index contributed by atoms with van der Waals surface area (Å²) in [6.07, 6.45) is 0.764. The largest absolute Gasteiger partial charge is 0.444 e. The van der Waals surface area contributed by atoms with Gasteiger partial charge in [-0.2, -0.15) is 0 Å². The van der Waals surface area contributed by atoms with Crippen molar-refractivity contribution in [1.29, 1.82) is 0 Å². The van der Waals surface area contributed by atoms with Gasteiger partial charge in [0, 0.05) is 12.6 Å². The molecule has 2 rings (SSSR count). The molecule has 23 heavy (non-hydrogen) atoms. The molecule has 1 aromatic rings. The number of hydrogen-bond donors (Lipinski definition) is 1. The van der Waals surface area contributed by atoms with Gasteiger partial charge >= 0.3 is 6.09 Å². The van der Waals surface area contributed by atoms with Gasteiger partial charge in [-0.1, -0.05) is 37.3 Å². The Morgan fingerprint density at radius 2 is 1.91 bits per heavy atom. The number of alkyl carbamates (subject to hydrolysis) is 1. The molecule has 1 saturated heterocycles. The highest BCUT2D eigenvalue weighted by molar-refractivity contribution is 5.68. The zero-order valence-corrected chi connectivity index (χ0v) is 15.0. The highest BCUT2D eigenvalue weighted by Gasteiger charge is 2.34. The SMILES string of the molecule is C[C@@H]1CCN(Cc2ccccc2)[C@H](C)[C@H]1NC(=O)OC(C)(C)C. The maximum absolute atomic E-state index is 12.1. The number of benzene rings is 1. The van der Waals surface area contributed by atoms with Crippen molar-refractivity contribution in [3.05, 3.63) is 35.9 Å². The molecule has 1 amide bonds. The zero-order valence-electron chi connectivity index (χ0n) is 15.0. The maximum Gasteiger partial charge on any atom is 0.407 e. The molecule has 3 atom stereocenters. The molecule has 1 aliphatic rings. The van der Waals surface area contributed by atoms with Crippen molar-refractivity contribution in [1.82, 2.24) is 10.2 Å². The smallest absolute Gasteiger partial charge is 0.407 e. The van der Waals surface area contributed by atoms with Gasteiger partial charge in [0.1, 0.15) is 5.60 Å². The molecule has 1 N–H and O–H groups in total. The molecule has 0 aliphatic carbocycles. The van der Waals surface area contributed by atoms with E-state index in [0.717, 1.165) is 19.5 Å². The second-order valence-electron chi connectivity index (χ2n) is 7.63. The van der Waals surface area contributed by atoms with Crippen LogP contribution in [0, 0.1) is 5.92 Å². The third-order valence-corrected chi connectivity index (χ3v) is 4.49. The van der Waals surface area contributed by atoms with Crippen molar-refractivity contribution in [2.75, 3.05) is 6.54 Å². The number of rotatable bonds is 3. The topological polar surface area (TPSA) is 41.6 Å². The third kappa shape index (κ3) is 5.24. The van der Waals surface area contributed by atoms with E-state index in [1.54, 1.807) is 0 Å².